The molecular weight excluding hydrogens is 170 g/mol. The Hall–Kier alpha value is -0.820. The summed E-state index contributed by atoms with van der Waals surface area (Å²) in [6, 6.07) is 9.12. The van der Waals surface area contributed by atoms with E-state index in [1.807, 2.05) is 0 Å². The molecule has 1 N–H and O–H groups in total. The van der Waals surface area contributed by atoms with Crippen molar-refractivity contribution in [2.45, 2.75) is 25.2 Å². The molecule has 0 atom stereocenters. The van der Waals surface area contributed by atoms with E-state index in [-0.39, 0.29) is 0 Å². The van der Waals surface area contributed by atoms with Crippen molar-refractivity contribution >= 4 is 0 Å². The second-order valence-corrected chi connectivity index (χ2v) is 5.05. The van der Waals surface area contributed by atoms with Gasteiger partial charge in [-0.25, -0.2) is 0 Å². The molecule has 0 radical (unpaired) electrons. The molecule has 74 valence electrons. The maximum Gasteiger partial charge on any atom is 0.00840 e. The summed E-state index contributed by atoms with van der Waals surface area (Å²) in [5, 5.41) is 3.54. The summed E-state index contributed by atoms with van der Waals surface area (Å²) in [7, 11) is 0. The molecule has 2 bridgehead atoms. The second-order valence-electron chi connectivity index (χ2n) is 5.05. The van der Waals surface area contributed by atoms with Crippen molar-refractivity contribution < 1.29 is 0 Å². The molecule has 1 aromatic carbocycles. The third-order valence-corrected chi connectivity index (χ3v) is 3.92. The van der Waals surface area contributed by atoms with Gasteiger partial charge in [-0.3, -0.25) is 0 Å². The first kappa shape index (κ1) is 8.49. The van der Waals surface area contributed by atoms with Crippen molar-refractivity contribution in [3.63, 3.8) is 0 Å². The fraction of sp³-hybridized carbons (Fsp3) is 0.538. The minimum absolute atomic E-state index is 0.497. The van der Waals surface area contributed by atoms with Crippen LogP contribution >= 0.6 is 0 Å². The molecule has 1 heteroatoms. The topological polar surface area (TPSA) is 12.0 Å². The van der Waals surface area contributed by atoms with E-state index >= 15 is 0 Å². The van der Waals surface area contributed by atoms with Gasteiger partial charge < -0.3 is 5.32 Å². The zero-order valence-corrected chi connectivity index (χ0v) is 8.72. The Labute approximate surface area is 85.5 Å². The predicted octanol–water partition coefficient (Wildman–Crippen LogP) is 2.25. The molecule has 3 aliphatic rings. The summed E-state index contributed by atoms with van der Waals surface area (Å²) in [6.45, 7) is 4.59. The number of rotatable bonds is 1. The fourth-order valence-corrected chi connectivity index (χ4v) is 3.09. The van der Waals surface area contributed by atoms with Gasteiger partial charge in [0.25, 0.3) is 0 Å². The van der Waals surface area contributed by atoms with E-state index in [0.29, 0.717) is 5.41 Å². The summed E-state index contributed by atoms with van der Waals surface area (Å²) in [5.41, 5.74) is 3.41. The highest BCUT2D eigenvalue weighted by molar-refractivity contribution is 5.33. The summed E-state index contributed by atoms with van der Waals surface area (Å²) < 4.78 is 0. The number of hydrogen-bond acceptors (Lipinski definition) is 1. The highest BCUT2D eigenvalue weighted by atomic mass is 14.9. The van der Waals surface area contributed by atoms with Crippen molar-refractivity contribution in [1.82, 2.24) is 5.32 Å². The van der Waals surface area contributed by atoms with E-state index in [4.69, 9.17) is 0 Å². The first-order valence-corrected chi connectivity index (χ1v) is 5.56. The van der Waals surface area contributed by atoms with Gasteiger partial charge in [0.05, 0.1) is 0 Å². The third-order valence-electron chi connectivity index (χ3n) is 3.92. The van der Waals surface area contributed by atoms with Gasteiger partial charge in [0, 0.05) is 12.0 Å². The number of piperidine rings is 2. The highest BCUT2D eigenvalue weighted by Gasteiger charge is 2.47. The first-order chi connectivity index (χ1) is 6.78. The maximum absolute atomic E-state index is 3.54. The zero-order chi connectivity index (χ0) is 9.60. The molecule has 1 nitrogen and oxygen atoms in total. The van der Waals surface area contributed by atoms with E-state index in [0.717, 1.165) is 5.92 Å². The number of nitrogens with one attached hydrogen (secondary N) is 1. The molecule has 0 aromatic heterocycles. The molecule has 1 aromatic rings. The van der Waals surface area contributed by atoms with Crippen LogP contribution in [0.4, 0.5) is 0 Å². The van der Waals surface area contributed by atoms with Crippen molar-refractivity contribution in [1.29, 1.82) is 0 Å². The predicted molar refractivity (Wildman–Crippen MR) is 58.5 cm³/mol. The number of aryl methyl sites for hydroxylation is 1. The van der Waals surface area contributed by atoms with Gasteiger partial charge in [-0.15, -0.1) is 0 Å². The minimum Gasteiger partial charge on any atom is -0.316 e. The minimum atomic E-state index is 0.497. The van der Waals surface area contributed by atoms with Gasteiger partial charge in [-0.1, -0.05) is 29.8 Å². The lowest BCUT2D eigenvalue weighted by atomic mass is 9.56. The summed E-state index contributed by atoms with van der Waals surface area (Å²) in [6.07, 6.45) is 2.81. The van der Waals surface area contributed by atoms with Crippen LogP contribution in [0.15, 0.2) is 24.3 Å². The Balaban J connectivity index is 1.91. The fourth-order valence-electron chi connectivity index (χ4n) is 3.09. The van der Waals surface area contributed by atoms with E-state index in [9.17, 15) is 0 Å². The number of benzene rings is 1. The van der Waals surface area contributed by atoms with Gasteiger partial charge in [0.2, 0.25) is 0 Å². The van der Waals surface area contributed by atoms with Gasteiger partial charge >= 0.3 is 0 Å². The Morgan fingerprint density at radius 3 is 2.50 bits per heavy atom. The third kappa shape index (κ3) is 1.12. The van der Waals surface area contributed by atoms with Crippen LogP contribution in [0.2, 0.25) is 0 Å². The van der Waals surface area contributed by atoms with Gasteiger partial charge in [0.15, 0.2) is 0 Å². The van der Waals surface area contributed by atoms with Crippen molar-refractivity contribution in [3.8, 4) is 0 Å². The molecule has 1 aliphatic carbocycles. The average Bonchev–Trinajstić information content (AvgIpc) is 2.18. The van der Waals surface area contributed by atoms with Crippen LogP contribution in [0.25, 0.3) is 0 Å². The lowest BCUT2D eigenvalue weighted by molar-refractivity contribution is 0.0901. The first-order valence-electron chi connectivity index (χ1n) is 5.56. The normalized spacial score (nSPS) is 35.1. The Bertz CT molecular complexity index is 327. The molecule has 4 rings (SSSR count). The van der Waals surface area contributed by atoms with E-state index in [1.54, 1.807) is 5.56 Å². The van der Waals surface area contributed by atoms with Crippen LogP contribution in [0.1, 0.15) is 24.0 Å². The molecular formula is C13H17N. The molecule has 0 unspecified atom stereocenters. The number of hydrogen-bond donors (Lipinski definition) is 1. The Morgan fingerprint density at radius 2 is 1.93 bits per heavy atom. The van der Waals surface area contributed by atoms with Crippen molar-refractivity contribution in [2.24, 2.45) is 5.92 Å². The lowest BCUT2D eigenvalue weighted by Gasteiger charge is -2.53. The quantitative estimate of drug-likeness (QED) is 0.711. The van der Waals surface area contributed by atoms with Crippen LogP contribution in [0, 0.1) is 12.8 Å². The molecule has 0 spiro atoms. The largest absolute Gasteiger partial charge is 0.316 e. The molecule has 0 amide bonds. The van der Waals surface area contributed by atoms with Crippen LogP contribution < -0.4 is 5.32 Å². The second kappa shape index (κ2) is 2.83. The smallest absolute Gasteiger partial charge is 0.00840 e. The molecule has 2 saturated heterocycles. The summed E-state index contributed by atoms with van der Waals surface area (Å²) >= 11 is 0. The Kier molecular flexibility index (Phi) is 1.72. The summed E-state index contributed by atoms with van der Waals surface area (Å²) in [4.78, 5) is 0. The maximum atomic E-state index is 3.54. The highest BCUT2D eigenvalue weighted by Crippen LogP contribution is 2.49. The van der Waals surface area contributed by atoms with Crippen LogP contribution in [-0.2, 0) is 5.41 Å². The van der Waals surface area contributed by atoms with Crippen molar-refractivity contribution in [2.75, 3.05) is 13.1 Å². The van der Waals surface area contributed by atoms with Crippen LogP contribution in [0.5, 0.6) is 0 Å². The molecule has 14 heavy (non-hydrogen) atoms. The van der Waals surface area contributed by atoms with E-state index in [2.05, 4.69) is 36.5 Å². The van der Waals surface area contributed by atoms with Crippen LogP contribution in [-0.4, -0.2) is 13.1 Å². The molecule has 2 aliphatic heterocycles. The standard InChI is InChI=1S/C13H17N/c1-10-2-4-12(5-3-10)13-6-11(7-13)8-14-9-13/h2-5,11,14H,6-9H2,1H3. The van der Waals surface area contributed by atoms with Crippen LogP contribution in [0.3, 0.4) is 0 Å². The SMILES string of the molecule is Cc1ccc(C23CNCC(C2)C3)cc1. The monoisotopic (exact) mass is 187 g/mol. The van der Waals surface area contributed by atoms with Crippen molar-refractivity contribution in [3.05, 3.63) is 35.4 Å². The van der Waals surface area contributed by atoms with Gasteiger partial charge in [-0.05, 0) is 37.8 Å². The molecule has 1 saturated carbocycles. The van der Waals surface area contributed by atoms with E-state index in [1.165, 1.54) is 31.5 Å². The lowest BCUT2D eigenvalue weighted by Crippen LogP contribution is -2.57. The van der Waals surface area contributed by atoms with E-state index < -0.39 is 0 Å². The molecule has 2 heterocycles. The zero-order valence-electron chi connectivity index (χ0n) is 8.72. The van der Waals surface area contributed by atoms with Gasteiger partial charge in [-0.2, -0.15) is 0 Å². The Morgan fingerprint density at radius 1 is 1.21 bits per heavy atom. The van der Waals surface area contributed by atoms with Gasteiger partial charge in [0.1, 0.15) is 0 Å². The average molecular weight is 187 g/mol. The number of fused-ring (bicyclic) bond motifs is 2. The summed E-state index contributed by atoms with van der Waals surface area (Å²) in [5.74, 6) is 0.949. The molecule has 3 fully saturated rings.